The molecule has 2 atom stereocenters. The van der Waals surface area contributed by atoms with Gasteiger partial charge in [-0.2, -0.15) is 5.10 Å². The quantitative estimate of drug-likeness (QED) is 0.676. The lowest BCUT2D eigenvalue weighted by atomic mass is 9.83. The second kappa shape index (κ2) is 7.03. The van der Waals surface area contributed by atoms with Gasteiger partial charge in [-0.3, -0.25) is 0 Å². The van der Waals surface area contributed by atoms with Crippen LogP contribution in [0.5, 0.6) is 5.88 Å². The largest absolute Gasteiger partial charge is 0.475 e. The summed E-state index contributed by atoms with van der Waals surface area (Å²) in [6, 6.07) is -0.751. The first-order valence-electron chi connectivity index (χ1n) is 9.95. The van der Waals surface area contributed by atoms with Crippen molar-refractivity contribution in [3.63, 3.8) is 0 Å². The third kappa shape index (κ3) is 2.99. The van der Waals surface area contributed by atoms with Crippen LogP contribution in [-0.2, 0) is 42.1 Å². The maximum absolute atomic E-state index is 14.6. The van der Waals surface area contributed by atoms with Gasteiger partial charge < -0.3 is 15.4 Å². The van der Waals surface area contributed by atoms with Crippen molar-refractivity contribution in [3.8, 4) is 5.88 Å². The average Bonchev–Trinajstić information content (AvgIpc) is 3.32. The SMILES string of the molecule is CN[C@@H]1COc2c(S(N)(=O)=NC(=O)Nc3c4c(c(F)c5c3CC5)CCC4)cnn2C1. The summed E-state index contributed by atoms with van der Waals surface area (Å²) in [5.74, 6) is 0.127. The number of nitrogens with zero attached hydrogens (tertiary/aromatic N) is 3. The Morgan fingerprint density at radius 1 is 1.30 bits per heavy atom. The molecular weight excluding hydrogens is 411 g/mol. The Bertz CT molecular complexity index is 1180. The van der Waals surface area contributed by atoms with Crippen molar-refractivity contribution in [2.24, 2.45) is 9.50 Å². The molecule has 30 heavy (non-hydrogen) atoms. The minimum atomic E-state index is -3.57. The fourth-order valence-corrected chi connectivity index (χ4v) is 5.42. The number of rotatable bonds is 3. The van der Waals surface area contributed by atoms with E-state index in [2.05, 4.69) is 20.1 Å². The van der Waals surface area contributed by atoms with Crippen molar-refractivity contribution in [1.29, 1.82) is 0 Å². The van der Waals surface area contributed by atoms with Gasteiger partial charge in [0.1, 0.15) is 17.3 Å². The number of ether oxygens (including phenoxy) is 1. The topological polar surface area (TPSA) is 124 Å². The number of urea groups is 1. The first kappa shape index (κ1) is 19.5. The minimum Gasteiger partial charge on any atom is -0.475 e. The van der Waals surface area contributed by atoms with E-state index in [4.69, 9.17) is 9.88 Å². The number of benzene rings is 1. The number of aromatic nitrogens is 2. The third-order valence-electron chi connectivity index (χ3n) is 6.09. The minimum absolute atomic E-state index is 0.0676. The number of nitrogens with two attached hydrogens (primary N) is 1. The van der Waals surface area contributed by atoms with Gasteiger partial charge in [-0.1, -0.05) is 0 Å². The van der Waals surface area contributed by atoms with Gasteiger partial charge in [-0.15, -0.1) is 4.36 Å². The van der Waals surface area contributed by atoms with E-state index in [9.17, 15) is 13.4 Å². The third-order valence-corrected chi connectivity index (χ3v) is 7.44. The molecule has 160 valence electrons. The summed E-state index contributed by atoms with van der Waals surface area (Å²) in [7, 11) is -1.75. The molecule has 2 aliphatic carbocycles. The van der Waals surface area contributed by atoms with E-state index in [1.165, 1.54) is 6.20 Å². The number of hydrogen-bond donors (Lipinski definition) is 3. The van der Waals surface area contributed by atoms with E-state index in [1.807, 2.05) is 7.05 Å². The zero-order valence-corrected chi connectivity index (χ0v) is 17.4. The van der Waals surface area contributed by atoms with Crippen molar-refractivity contribution in [2.45, 2.75) is 49.6 Å². The summed E-state index contributed by atoms with van der Waals surface area (Å²) in [4.78, 5) is 12.7. The van der Waals surface area contributed by atoms with E-state index >= 15 is 0 Å². The van der Waals surface area contributed by atoms with Crippen molar-refractivity contribution in [1.82, 2.24) is 15.1 Å². The first-order valence-corrected chi connectivity index (χ1v) is 11.5. The number of hydrogen-bond acceptors (Lipinski definition) is 5. The standard InChI is InChI=1S/C19H23FN6O3S/c1-22-10-8-26-18(29-9-10)15(7-23-26)30(21,28)25-19(27)24-17-13-4-2-3-11(13)16(20)12-5-6-14(12)17/h7,10,22H,2-6,8-9H2,1H3,(H3,21,24,25,27,28)/t10-,30?/m0/s1. The molecule has 1 unspecified atom stereocenters. The summed E-state index contributed by atoms with van der Waals surface area (Å²) in [5, 5.41) is 15.9. The number of fused-ring (bicyclic) bond motifs is 3. The number of anilines is 1. The average molecular weight is 434 g/mol. The van der Waals surface area contributed by atoms with Gasteiger partial charge in [0.2, 0.25) is 5.88 Å². The molecule has 1 aliphatic heterocycles. The van der Waals surface area contributed by atoms with E-state index in [0.29, 0.717) is 55.6 Å². The molecule has 9 nitrogen and oxygen atoms in total. The highest BCUT2D eigenvalue weighted by Crippen LogP contribution is 2.42. The van der Waals surface area contributed by atoms with Crippen LogP contribution in [0, 0.1) is 5.82 Å². The van der Waals surface area contributed by atoms with Gasteiger partial charge >= 0.3 is 6.03 Å². The predicted molar refractivity (Wildman–Crippen MR) is 108 cm³/mol. The molecule has 0 radical (unpaired) electrons. The summed E-state index contributed by atoms with van der Waals surface area (Å²) in [6.45, 7) is 0.895. The smallest absolute Gasteiger partial charge is 0.354 e. The Balaban J connectivity index is 1.45. The summed E-state index contributed by atoms with van der Waals surface area (Å²) in [6.07, 6.45) is 4.89. The van der Waals surface area contributed by atoms with E-state index in [0.717, 1.165) is 17.5 Å². The maximum atomic E-state index is 14.6. The molecule has 2 aromatic rings. The first-order chi connectivity index (χ1) is 14.4. The van der Waals surface area contributed by atoms with E-state index in [1.54, 1.807) is 4.68 Å². The molecule has 0 saturated carbocycles. The molecule has 4 N–H and O–H groups in total. The Morgan fingerprint density at radius 3 is 2.73 bits per heavy atom. The molecule has 2 heterocycles. The molecule has 1 aromatic heterocycles. The lowest BCUT2D eigenvalue weighted by Crippen LogP contribution is -2.40. The summed E-state index contributed by atoms with van der Waals surface area (Å²) in [5.41, 5.74) is 3.58. The van der Waals surface area contributed by atoms with Gasteiger partial charge in [0, 0.05) is 5.69 Å². The van der Waals surface area contributed by atoms with Gasteiger partial charge in [-0.05, 0) is 61.4 Å². The second-order valence-electron chi connectivity index (χ2n) is 7.84. The molecule has 1 aromatic carbocycles. The number of carbonyl (C=O) groups excluding carboxylic acids is 1. The summed E-state index contributed by atoms with van der Waals surface area (Å²) >= 11 is 0. The molecule has 5 rings (SSSR count). The highest BCUT2D eigenvalue weighted by atomic mass is 32.2. The highest BCUT2D eigenvalue weighted by Gasteiger charge is 2.32. The Labute approximate surface area is 173 Å². The predicted octanol–water partition coefficient (Wildman–Crippen LogP) is 1.52. The molecule has 0 saturated heterocycles. The number of nitrogens with one attached hydrogen (secondary N) is 2. The van der Waals surface area contributed by atoms with Crippen molar-refractivity contribution in [3.05, 3.63) is 34.3 Å². The number of amides is 2. The van der Waals surface area contributed by atoms with Crippen LogP contribution in [0.25, 0.3) is 0 Å². The van der Waals surface area contributed by atoms with Crippen LogP contribution >= 0.6 is 0 Å². The molecule has 0 fully saturated rings. The zero-order chi connectivity index (χ0) is 21.0. The molecular formula is C19H23FN6O3S. The lowest BCUT2D eigenvalue weighted by molar-refractivity contribution is 0.184. The fraction of sp³-hybridized carbons (Fsp3) is 0.474. The maximum Gasteiger partial charge on any atom is 0.354 e. The van der Waals surface area contributed by atoms with E-state index in [-0.39, 0.29) is 22.6 Å². The van der Waals surface area contributed by atoms with Gasteiger partial charge in [-0.25, -0.2) is 23.2 Å². The molecule has 0 bridgehead atoms. The number of carbonyl (C=O) groups is 1. The Hall–Kier alpha value is -2.50. The number of likely N-dealkylation sites (N-methyl/N-ethyl adjacent to an activating group) is 1. The number of halogens is 1. The summed E-state index contributed by atoms with van der Waals surface area (Å²) < 4.78 is 38.6. The normalized spacial score (nSPS) is 20.8. The van der Waals surface area contributed by atoms with Gasteiger partial charge in [0.05, 0.1) is 18.8 Å². The zero-order valence-electron chi connectivity index (χ0n) is 16.5. The molecule has 2 amide bonds. The second-order valence-corrected chi connectivity index (χ2v) is 9.60. The van der Waals surface area contributed by atoms with Crippen molar-refractivity contribution >= 4 is 21.6 Å². The van der Waals surface area contributed by atoms with Gasteiger partial charge in [0.25, 0.3) is 0 Å². The van der Waals surface area contributed by atoms with Crippen LogP contribution in [0.4, 0.5) is 14.9 Å². The molecule has 0 spiro atoms. The Morgan fingerprint density at radius 2 is 2.00 bits per heavy atom. The van der Waals surface area contributed by atoms with Gasteiger partial charge in [0.15, 0.2) is 9.92 Å². The lowest BCUT2D eigenvalue weighted by Gasteiger charge is -2.26. The fourth-order valence-electron chi connectivity index (χ4n) is 4.42. The van der Waals surface area contributed by atoms with Crippen LogP contribution < -0.4 is 20.5 Å². The van der Waals surface area contributed by atoms with Crippen molar-refractivity contribution < 1.29 is 18.1 Å². The van der Waals surface area contributed by atoms with Crippen LogP contribution in [0.2, 0.25) is 0 Å². The highest BCUT2D eigenvalue weighted by molar-refractivity contribution is 7.91. The van der Waals surface area contributed by atoms with Crippen LogP contribution in [0.1, 0.15) is 28.7 Å². The van der Waals surface area contributed by atoms with Crippen LogP contribution in [-0.4, -0.2) is 39.7 Å². The molecule has 3 aliphatic rings. The monoisotopic (exact) mass is 434 g/mol. The van der Waals surface area contributed by atoms with Crippen molar-refractivity contribution in [2.75, 3.05) is 19.0 Å². The van der Waals surface area contributed by atoms with E-state index < -0.39 is 15.9 Å². The van der Waals surface area contributed by atoms with Crippen LogP contribution in [0.15, 0.2) is 15.5 Å². The van der Waals surface area contributed by atoms with Crippen LogP contribution in [0.3, 0.4) is 0 Å². The molecule has 11 heteroatoms. The Kier molecular flexibility index (Phi) is 4.56.